The third kappa shape index (κ3) is 7.91. The molecule has 2 aliphatic rings. The van der Waals surface area contributed by atoms with Gasteiger partial charge < -0.3 is 19.9 Å². The van der Waals surface area contributed by atoms with E-state index >= 15 is 0 Å². The summed E-state index contributed by atoms with van der Waals surface area (Å²) in [4.78, 5) is 26.4. The molecule has 3 aromatic carbocycles. The van der Waals surface area contributed by atoms with Crippen LogP contribution in [0.5, 0.6) is 5.75 Å². The minimum Gasteiger partial charge on any atom is -0.406 e. The number of carbonyl (C=O) groups is 1. The standard InChI is InChI=1S/C33H31F5N6O4S/c34-23-9-13-26(14-10-23)49(46,47)44-15-3-6-30(44)31(45)39-21-24-20-28(22-7-11-25(12-8-22)48-33(36,37)38)41-32(40-24)43-18-16-42(17-19-43)29-5-2-1-4-27(29)35/h1-2,4-5,7-14,20,30H,3,6,15-19,21H2,(H,39,45). The van der Waals surface area contributed by atoms with E-state index in [1.54, 1.807) is 24.3 Å². The zero-order chi connectivity index (χ0) is 34.8. The largest absolute Gasteiger partial charge is 0.573 e. The van der Waals surface area contributed by atoms with Crippen LogP contribution in [0.25, 0.3) is 11.3 Å². The van der Waals surface area contributed by atoms with Crippen LogP contribution in [0, 0.1) is 11.6 Å². The number of ether oxygens (including phenoxy) is 1. The molecular weight excluding hydrogens is 671 g/mol. The van der Waals surface area contributed by atoms with Gasteiger partial charge in [0.1, 0.15) is 23.4 Å². The molecule has 4 aromatic rings. The van der Waals surface area contributed by atoms with E-state index in [1.807, 2.05) is 9.80 Å². The number of nitrogens with zero attached hydrogens (tertiary/aromatic N) is 5. The molecular formula is C33H31F5N6O4S. The van der Waals surface area contributed by atoms with Crippen LogP contribution in [0.1, 0.15) is 18.5 Å². The fourth-order valence-corrected chi connectivity index (χ4v) is 7.53. The number of hydrogen-bond donors (Lipinski definition) is 1. The maximum absolute atomic E-state index is 14.4. The molecule has 258 valence electrons. The first-order valence-electron chi connectivity index (χ1n) is 15.4. The first-order chi connectivity index (χ1) is 23.4. The summed E-state index contributed by atoms with van der Waals surface area (Å²) in [6, 6.07) is 16.6. The molecule has 1 atom stereocenters. The molecule has 1 N–H and O–H groups in total. The van der Waals surface area contributed by atoms with Crippen LogP contribution in [0.15, 0.2) is 83.8 Å². The molecule has 2 saturated heterocycles. The highest BCUT2D eigenvalue weighted by Crippen LogP contribution is 2.29. The van der Waals surface area contributed by atoms with Gasteiger partial charge in [0, 0.05) is 38.3 Å². The van der Waals surface area contributed by atoms with Crippen molar-refractivity contribution in [3.63, 3.8) is 0 Å². The summed E-state index contributed by atoms with van der Waals surface area (Å²) in [5, 5.41) is 2.77. The molecule has 10 nitrogen and oxygen atoms in total. The van der Waals surface area contributed by atoms with Crippen molar-refractivity contribution in [1.82, 2.24) is 19.6 Å². The molecule has 0 saturated carbocycles. The molecule has 6 rings (SSSR count). The number of alkyl halides is 3. The minimum absolute atomic E-state index is 0.104. The second-order valence-electron chi connectivity index (χ2n) is 11.5. The van der Waals surface area contributed by atoms with Crippen LogP contribution in [-0.4, -0.2) is 73.7 Å². The van der Waals surface area contributed by atoms with Crippen LogP contribution in [-0.2, 0) is 21.4 Å². The number of nitrogens with one attached hydrogen (secondary N) is 1. The molecule has 1 aromatic heterocycles. The second kappa shape index (κ2) is 14.0. The third-order valence-electron chi connectivity index (χ3n) is 8.28. The lowest BCUT2D eigenvalue weighted by Crippen LogP contribution is -2.47. The Morgan fingerprint density at radius 1 is 0.878 bits per heavy atom. The topological polar surface area (TPSA) is 108 Å². The third-order valence-corrected chi connectivity index (χ3v) is 10.2. The lowest BCUT2D eigenvalue weighted by molar-refractivity contribution is -0.274. The van der Waals surface area contributed by atoms with Crippen molar-refractivity contribution in [2.45, 2.75) is 36.7 Å². The quantitative estimate of drug-likeness (QED) is 0.240. The van der Waals surface area contributed by atoms with Gasteiger partial charge in [0.2, 0.25) is 21.9 Å². The van der Waals surface area contributed by atoms with E-state index in [0.717, 1.165) is 40.7 Å². The van der Waals surface area contributed by atoms with E-state index in [1.165, 1.54) is 18.2 Å². The lowest BCUT2D eigenvalue weighted by atomic mass is 10.1. The predicted octanol–water partition coefficient (Wildman–Crippen LogP) is 5.12. The number of piperazine rings is 1. The normalized spacial score (nSPS) is 17.3. The lowest BCUT2D eigenvalue weighted by Gasteiger charge is -2.36. The van der Waals surface area contributed by atoms with Gasteiger partial charge in [0.25, 0.3) is 0 Å². The Labute approximate surface area is 279 Å². The number of sulfonamides is 1. The average molecular weight is 703 g/mol. The highest BCUT2D eigenvalue weighted by molar-refractivity contribution is 7.89. The fourth-order valence-electron chi connectivity index (χ4n) is 5.87. The van der Waals surface area contributed by atoms with Crippen LogP contribution < -0.4 is 19.9 Å². The van der Waals surface area contributed by atoms with Crippen molar-refractivity contribution in [1.29, 1.82) is 0 Å². The van der Waals surface area contributed by atoms with Gasteiger partial charge in [-0.2, -0.15) is 4.31 Å². The minimum atomic E-state index is -4.85. The first-order valence-corrected chi connectivity index (χ1v) is 16.8. The second-order valence-corrected chi connectivity index (χ2v) is 13.4. The van der Waals surface area contributed by atoms with Crippen molar-refractivity contribution in [2.75, 3.05) is 42.5 Å². The van der Waals surface area contributed by atoms with Gasteiger partial charge in [-0.15, -0.1) is 13.2 Å². The molecule has 0 bridgehead atoms. The molecule has 1 unspecified atom stereocenters. The van der Waals surface area contributed by atoms with Crippen molar-refractivity contribution in [3.8, 4) is 17.0 Å². The summed E-state index contributed by atoms with van der Waals surface area (Å²) < 4.78 is 97.7. The summed E-state index contributed by atoms with van der Waals surface area (Å²) >= 11 is 0. The van der Waals surface area contributed by atoms with Crippen molar-refractivity contribution >= 4 is 27.6 Å². The van der Waals surface area contributed by atoms with Crippen LogP contribution in [0.2, 0.25) is 0 Å². The highest BCUT2D eigenvalue weighted by atomic mass is 32.2. The maximum atomic E-state index is 14.4. The number of para-hydroxylation sites is 1. The number of benzene rings is 3. The highest BCUT2D eigenvalue weighted by Gasteiger charge is 2.39. The van der Waals surface area contributed by atoms with Crippen LogP contribution >= 0.6 is 0 Å². The van der Waals surface area contributed by atoms with Gasteiger partial charge >= 0.3 is 6.36 Å². The van der Waals surface area contributed by atoms with Gasteiger partial charge in [-0.3, -0.25) is 4.79 Å². The van der Waals surface area contributed by atoms with Gasteiger partial charge in [0.05, 0.1) is 28.5 Å². The Balaban J connectivity index is 1.22. The summed E-state index contributed by atoms with van der Waals surface area (Å²) in [5.41, 5.74) is 1.67. The van der Waals surface area contributed by atoms with E-state index in [9.17, 15) is 35.2 Å². The van der Waals surface area contributed by atoms with Crippen LogP contribution in [0.4, 0.5) is 33.6 Å². The zero-order valence-corrected chi connectivity index (χ0v) is 26.7. The Morgan fingerprint density at radius 3 is 2.22 bits per heavy atom. The molecule has 3 heterocycles. The van der Waals surface area contributed by atoms with Crippen LogP contribution in [0.3, 0.4) is 0 Å². The summed E-state index contributed by atoms with van der Waals surface area (Å²) in [7, 11) is -4.07. The Morgan fingerprint density at radius 2 is 1.55 bits per heavy atom. The van der Waals surface area contributed by atoms with E-state index < -0.39 is 39.9 Å². The predicted molar refractivity (Wildman–Crippen MR) is 170 cm³/mol. The number of aromatic nitrogens is 2. The monoisotopic (exact) mass is 702 g/mol. The molecule has 1 amide bonds. The maximum Gasteiger partial charge on any atom is 0.573 e. The van der Waals surface area contributed by atoms with Gasteiger partial charge in [0.15, 0.2) is 0 Å². The summed E-state index contributed by atoms with van der Waals surface area (Å²) in [6.45, 7) is 1.80. The van der Waals surface area contributed by atoms with E-state index in [4.69, 9.17) is 0 Å². The number of carbonyl (C=O) groups excluding carboxylic acids is 1. The molecule has 0 aliphatic carbocycles. The van der Waals surface area contributed by atoms with Gasteiger partial charge in [-0.25, -0.2) is 27.2 Å². The van der Waals surface area contributed by atoms with Crippen molar-refractivity contribution in [2.24, 2.45) is 0 Å². The smallest absolute Gasteiger partial charge is 0.406 e. The fraction of sp³-hybridized carbons (Fsp3) is 0.303. The molecule has 0 radical (unpaired) electrons. The Bertz CT molecular complexity index is 1900. The molecule has 2 fully saturated rings. The summed E-state index contributed by atoms with van der Waals surface area (Å²) in [6.07, 6.45) is -4.12. The number of rotatable bonds is 9. The van der Waals surface area contributed by atoms with E-state index in [2.05, 4.69) is 20.0 Å². The SMILES string of the molecule is O=C(NCc1cc(-c2ccc(OC(F)(F)F)cc2)nc(N2CCN(c3ccccc3F)CC2)n1)C1CCCN1S(=O)(=O)c1ccc(F)cc1. The zero-order valence-electron chi connectivity index (χ0n) is 25.9. The number of hydrogen-bond acceptors (Lipinski definition) is 8. The van der Waals surface area contributed by atoms with E-state index in [0.29, 0.717) is 61.2 Å². The van der Waals surface area contributed by atoms with Crippen molar-refractivity contribution in [3.05, 3.63) is 96.2 Å². The van der Waals surface area contributed by atoms with Gasteiger partial charge in [-0.1, -0.05) is 12.1 Å². The number of halogens is 5. The first kappa shape index (κ1) is 34.0. The van der Waals surface area contributed by atoms with E-state index in [-0.39, 0.29) is 30.2 Å². The molecule has 16 heteroatoms. The number of amides is 1. The molecule has 2 aliphatic heterocycles. The summed E-state index contributed by atoms with van der Waals surface area (Å²) in [5.74, 6) is -1.57. The number of anilines is 2. The average Bonchev–Trinajstić information content (AvgIpc) is 3.59. The Kier molecular flexibility index (Phi) is 9.70. The van der Waals surface area contributed by atoms with Gasteiger partial charge in [-0.05, 0) is 79.6 Å². The van der Waals surface area contributed by atoms with Crippen molar-refractivity contribution < 1.29 is 39.9 Å². The molecule has 49 heavy (non-hydrogen) atoms. The molecule has 0 spiro atoms. The Hall–Kier alpha value is -4.83.